The summed E-state index contributed by atoms with van der Waals surface area (Å²) < 4.78 is 18.5. The molecule has 0 bridgehead atoms. The Labute approximate surface area is 160 Å². The van der Waals surface area contributed by atoms with Gasteiger partial charge in [-0.1, -0.05) is 11.6 Å². The number of nitrogens with zero attached hydrogens (tertiary/aromatic N) is 3. The molecule has 1 aliphatic heterocycles. The number of rotatable bonds is 5. The lowest BCUT2D eigenvalue weighted by Crippen LogP contribution is -2.50. The fraction of sp³-hybridized carbons (Fsp3) is 0.278. The van der Waals surface area contributed by atoms with E-state index in [9.17, 15) is 19.3 Å². The van der Waals surface area contributed by atoms with Crippen LogP contribution >= 0.6 is 11.6 Å². The molecule has 1 saturated heterocycles. The van der Waals surface area contributed by atoms with Crippen LogP contribution in [-0.2, 0) is 4.79 Å². The lowest BCUT2D eigenvalue weighted by atomic mass is 10.2. The Kier molecular flexibility index (Phi) is 5.75. The molecule has 7 nitrogen and oxygen atoms in total. The Morgan fingerprint density at radius 2 is 1.81 bits per heavy atom. The van der Waals surface area contributed by atoms with Crippen LogP contribution in [0.3, 0.4) is 0 Å². The summed E-state index contributed by atoms with van der Waals surface area (Å²) in [6.07, 6.45) is 0. The van der Waals surface area contributed by atoms with Gasteiger partial charge >= 0.3 is 0 Å². The Balaban J connectivity index is 1.50. The molecule has 1 aliphatic rings. The molecular formula is C18H17ClFN3O4. The molecule has 0 radical (unpaired) electrons. The standard InChI is InChI=1S/C18H17ClFN3O4/c19-16-11-15(5-6-17(16)20)27-12-18(24)22-9-7-21(8-10-22)13-1-3-14(4-2-13)23(25)26/h1-6,11H,7-10,12H2. The summed E-state index contributed by atoms with van der Waals surface area (Å²) >= 11 is 5.69. The van der Waals surface area contributed by atoms with Crippen molar-refractivity contribution in [2.24, 2.45) is 0 Å². The van der Waals surface area contributed by atoms with Gasteiger partial charge < -0.3 is 14.5 Å². The Hall–Kier alpha value is -2.87. The normalized spacial score (nSPS) is 14.1. The summed E-state index contributed by atoms with van der Waals surface area (Å²) in [6, 6.07) is 10.3. The minimum absolute atomic E-state index is 0.0469. The second-order valence-corrected chi connectivity index (χ2v) is 6.41. The second-order valence-electron chi connectivity index (χ2n) is 6.01. The zero-order valence-electron chi connectivity index (χ0n) is 14.3. The summed E-state index contributed by atoms with van der Waals surface area (Å²) in [7, 11) is 0. The first-order valence-electron chi connectivity index (χ1n) is 8.29. The molecule has 1 fully saturated rings. The molecule has 1 amide bonds. The number of halogens is 2. The number of non-ortho nitro benzene ring substituents is 1. The van der Waals surface area contributed by atoms with Crippen molar-refractivity contribution >= 4 is 28.9 Å². The summed E-state index contributed by atoms with van der Waals surface area (Å²) in [5, 5.41) is 10.7. The highest BCUT2D eigenvalue weighted by atomic mass is 35.5. The van der Waals surface area contributed by atoms with Crippen molar-refractivity contribution in [3.8, 4) is 5.75 Å². The van der Waals surface area contributed by atoms with Crippen molar-refractivity contribution < 1.29 is 18.8 Å². The van der Waals surface area contributed by atoms with E-state index in [0.29, 0.717) is 31.9 Å². The number of ether oxygens (including phenoxy) is 1. The SMILES string of the molecule is O=C(COc1ccc(F)c(Cl)c1)N1CCN(c2ccc([N+](=O)[O-])cc2)CC1. The van der Waals surface area contributed by atoms with E-state index in [1.165, 1.54) is 30.3 Å². The lowest BCUT2D eigenvalue weighted by molar-refractivity contribution is -0.384. The third-order valence-electron chi connectivity index (χ3n) is 4.31. The van der Waals surface area contributed by atoms with Crippen LogP contribution in [0.5, 0.6) is 5.75 Å². The van der Waals surface area contributed by atoms with Crippen LogP contribution < -0.4 is 9.64 Å². The highest BCUT2D eigenvalue weighted by molar-refractivity contribution is 6.30. The first kappa shape index (κ1) is 18.9. The molecular weight excluding hydrogens is 377 g/mol. The molecule has 0 saturated carbocycles. The van der Waals surface area contributed by atoms with Gasteiger partial charge in [0.2, 0.25) is 0 Å². The second kappa shape index (κ2) is 8.22. The average Bonchev–Trinajstić information content (AvgIpc) is 2.69. The maximum Gasteiger partial charge on any atom is 0.269 e. The van der Waals surface area contributed by atoms with Crippen LogP contribution in [0.1, 0.15) is 0 Å². The van der Waals surface area contributed by atoms with Gasteiger partial charge in [0.15, 0.2) is 6.61 Å². The minimum Gasteiger partial charge on any atom is -0.484 e. The maximum absolute atomic E-state index is 13.1. The number of carbonyl (C=O) groups is 1. The van der Waals surface area contributed by atoms with Crippen molar-refractivity contribution in [3.05, 3.63) is 63.4 Å². The van der Waals surface area contributed by atoms with E-state index >= 15 is 0 Å². The van der Waals surface area contributed by atoms with Crippen LogP contribution in [0.4, 0.5) is 15.8 Å². The molecule has 0 N–H and O–H groups in total. The van der Waals surface area contributed by atoms with Gasteiger partial charge in [-0.2, -0.15) is 0 Å². The van der Waals surface area contributed by atoms with Gasteiger partial charge in [-0.25, -0.2) is 4.39 Å². The van der Waals surface area contributed by atoms with E-state index in [1.54, 1.807) is 17.0 Å². The zero-order chi connectivity index (χ0) is 19.4. The molecule has 0 aromatic heterocycles. The third-order valence-corrected chi connectivity index (χ3v) is 4.60. The largest absolute Gasteiger partial charge is 0.484 e. The van der Waals surface area contributed by atoms with E-state index in [4.69, 9.17) is 16.3 Å². The van der Waals surface area contributed by atoms with E-state index in [1.807, 2.05) is 0 Å². The fourth-order valence-electron chi connectivity index (χ4n) is 2.80. The Bertz CT molecular complexity index is 839. The van der Waals surface area contributed by atoms with E-state index in [-0.39, 0.29) is 23.2 Å². The summed E-state index contributed by atoms with van der Waals surface area (Å²) in [6.45, 7) is 2.12. The monoisotopic (exact) mass is 393 g/mol. The van der Waals surface area contributed by atoms with Crippen LogP contribution in [0, 0.1) is 15.9 Å². The van der Waals surface area contributed by atoms with Crippen molar-refractivity contribution in [2.45, 2.75) is 0 Å². The first-order valence-corrected chi connectivity index (χ1v) is 8.67. The summed E-state index contributed by atoms with van der Waals surface area (Å²) in [5.41, 5.74) is 0.926. The minimum atomic E-state index is -0.544. The third kappa shape index (κ3) is 4.65. The molecule has 2 aromatic rings. The molecule has 1 heterocycles. The van der Waals surface area contributed by atoms with Gasteiger partial charge in [-0.3, -0.25) is 14.9 Å². The van der Waals surface area contributed by atoms with Gasteiger partial charge in [0, 0.05) is 50.1 Å². The Morgan fingerprint density at radius 3 is 2.41 bits per heavy atom. The predicted molar refractivity (Wildman–Crippen MR) is 98.8 cm³/mol. The molecule has 0 aliphatic carbocycles. The molecule has 27 heavy (non-hydrogen) atoms. The van der Waals surface area contributed by atoms with E-state index in [0.717, 1.165) is 5.69 Å². The van der Waals surface area contributed by atoms with Crippen LogP contribution in [0.15, 0.2) is 42.5 Å². The first-order chi connectivity index (χ1) is 12.9. The topological polar surface area (TPSA) is 75.9 Å². The van der Waals surface area contributed by atoms with Crippen LogP contribution in [-0.4, -0.2) is 48.5 Å². The van der Waals surface area contributed by atoms with Gasteiger partial charge in [0.25, 0.3) is 11.6 Å². The number of amides is 1. The number of nitro groups is 1. The number of piperazine rings is 1. The van der Waals surface area contributed by atoms with Gasteiger partial charge in [0.1, 0.15) is 11.6 Å². The molecule has 142 valence electrons. The average molecular weight is 394 g/mol. The molecule has 3 rings (SSSR count). The molecule has 0 unspecified atom stereocenters. The number of hydrogen-bond acceptors (Lipinski definition) is 5. The zero-order valence-corrected chi connectivity index (χ0v) is 15.1. The van der Waals surface area contributed by atoms with Crippen molar-refractivity contribution in [1.82, 2.24) is 4.90 Å². The number of anilines is 1. The van der Waals surface area contributed by atoms with Gasteiger partial charge in [-0.05, 0) is 24.3 Å². The van der Waals surface area contributed by atoms with Crippen molar-refractivity contribution in [2.75, 3.05) is 37.7 Å². The van der Waals surface area contributed by atoms with E-state index in [2.05, 4.69) is 4.90 Å². The number of carbonyl (C=O) groups excluding carboxylic acids is 1. The number of hydrogen-bond donors (Lipinski definition) is 0. The quantitative estimate of drug-likeness (QED) is 0.576. The molecule has 0 spiro atoms. The lowest BCUT2D eigenvalue weighted by Gasteiger charge is -2.36. The predicted octanol–water partition coefficient (Wildman–Crippen LogP) is 3.11. The number of benzene rings is 2. The highest BCUT2D eigenvalue weighted by Gasteiger charge is 2.22. The summed E-state index contributed by atoms with van der Waals surface area (Å²) in [4.78, 5) is 26.3. The molecule has 0 atom stereocenters. The van der Waals surface area contributed by atoms with Crippen LogP contribution in [0.2, 0.25) is 5.02 Å². The molecule has 2 aromatic carbocycles. The maximum atomic E-state index is 13.1. The summed E-state index contributed by atoms with van der Waals surface area (Å²) in [5.74, 6) is -0.379. The van der Waals surface area contributed by atoms with Gasteiger partial charge in [-0.15, -0.1) is 0 Å². The van der Waals surface area contributed by atoms with Gasteiger partial charge in [0.05, 0.1) is 9.95 Å². The fourth-order valence-corrected chi connectivity index (χ4v) is 2.97. The smallest absolute Gasteiger partial charge is 0.269 e. The number of nitro benzene ring substituents is 1. The molecule has 9 heteroatoms. The van der Waals surface area contributed by atoms with E-state index < -0.39 is 10.7 Å². The highest BCUT2D eigenvalue weighted by Crippen LogP contribution is 2.22. The van der Waals surface area contributed by atoms with Crippen molar-refractivity contribution in [1.29, 1.82) is 0 Å². The Morgan fingerprint density at radius 1 is 1.15 bits per heavy atom. The van der Waals surface area contributed by atoms with Crippen LogP contribution in [0.25, 0.3) is 0 Å². The van der Waals surface area contributed by atoms with Crippen molar-refractivity contribution in [3.63, 3.8) is 0 Å².